The lowest BCUT2D eigenvalue weighted by Crippen LogP contribution is -2.55. The second kappa shape index (κ2) is 5.33. The van der Waals surface area contributed by atoms with Crippen LogP contribution in [0.2, 0.25) is 0 Å². The summed E-state index contributed by atoms with van der Waals surface area (Å²) in [5.41, 5.74) is -1.76. The second-order valence-electron chi connectivity index (χ2n) is 3.03. The Balaban J connectivity index is 4.74. The zero-order valence-corrected chi connectivity index (χ0v) is 9.25. The number of carbonyl (C=O) groups excluding carboxylic acids is 3. The fourth-order valence-corrected chi connectivity index (χ4v) is 1.01. The van der Waals surface area contributed by atoms with E-state index in [0.717, 1.165) is 6.92 Å². The second-order valence-corrected chi connectivity index (χ2v) is 3.03. The van der Waals surface area contributed by atoms with Gasteiger partial charge in [0.15, 0.2) is 0 Å². The third-order valence-electron chi connectivity index (χ3n) is 1.43. The maximum Gasteiger partial charge on any atom is 0.372 e. The van der Waals surface area contributed by atoms with Gasteiger partial charge in [-0.1, -0.05) is 0 Å². The van der Waals surface area contributed by atoms with E-state index in [4.69, 9.17) is 4.74 Å². The minimum Gasteiger partial charge on any atom is -0.462 e. The molecule has 0 aromatic carbocycles. The van der Waals surface area contributed by atoms with Gasteiger partial charge in [0.25, 0.3) is 5.72 Å². The maximum atomic E-state index is 11.4. The molecule has 0 aromatic heterocycles. The number of hydrogen-bond donors (Lipinski definition) is 1. The van der Waals surface area contributed by atoms with E-state index in [9.17, 15) is 14.4 Å². The molecule has 1 N–H and O–H groups in total. The average molecular weight is 217 g/mol. The van der Waals surface area contributed by atoms with Crippen molar-refractivity contribution in [3.8, 4) is 0 Å². The molecule has 1 unspecified atom stereocenters. The standard InChI is InChI=1S/C9H15NO5/c1-5-14-8(13)9(4,10-6(2)11)15-7(3)12/h5H2,1-4H3,(H,10,11). The van der Waals surface area contributed by atoms with E-state index in [1.807, 2.05) is 0 Å². The first-order valence-electron chi connectivity index (χ1n) is 4.47. The van der Waals surface area contributed by atoms with Crippen LogP contribution >= 0.6 is 0 Å². The van der Waals surface area contributed by atoms with E-state index < -0.39 is 23.6 Å². The highest BCUT2D eigenvalue weighted by atomic mass is 16.6. The van der Waals surface area contributed by atoms with Crippen LogP contribution in [0.15, 0.2) is 0 Å². The number of ether oxygens (including phenoxy) is 2. The largest absolute Gasteiger partial charge is 0.462 e. The van der Waals surface area contributed by atoms with Gasteiger partial charge in [-0.3, -0.25) is 9.59 Å². The summed E-state index contributed by atoms with van der Waals surface area (Å²) in [5.74, 6) is -1.98. The van der Waals surface area contributed by atoms with Gasteiger partial charge in [0.1, 0.15) is 0 Å². The Labute approximate surface area is 87.9 Å². The third kappa shape index (κ3) is 4.44. The maximum absolute atomic E-state index is 11.4. The molecule has 0 saturated heterocycles. The van der Waals surface area contributed by atoms with Gasteiger partial charge in [0, 0.05) is 20.8 Å². The van der Waals surface area contributed by atoms with Crippen molar-refractivity contribution in [2.75, 3.05) is 6.61 Å². The predicted octanol–water partition coefficient (Wildman–Crippen LogP) is -0.0351. The summed E-state index contributed by atoms with van der Waals surface area (Å²) in [6.07, 6.45) is 0. The summed E-state index contributed by atoms with van der Waals surface area (Å²) in [7, 11) is 0. The lowest BCUT2D eigenvalue weighted by molar-refractivity contribution is -0.184. The molecule has 0 saturated carbocycles. The number of hydrogen-bond acceptors (Lipinski definition) is 5. The van der Waals surface area contributed by atoms with E-state index in [0.29, 0.717) is 0 Å². The van der Waals surface area contributed by atoms with Crippen molar-refractivity contribution in [3.63, 3.8) is 0 Å². The number of carbonyl (C=O) groups is 3. The Morgan fingerprint density at radius 1 is 1.27 bits per heavy atom. The highest BCUT2D eigenvalue weighted by molar-refractivity contribution is 5.87. The van der Waals surface area contributed by atoms with Crippen LogP contribution in [0.3, 0.4) is 0 Å². The van der Waals surface area contributed by atoms with E-state index in [1.54, 1.807) is 6.92 Å². The molecule has 0 spiro atoms. The molecule has 0 aliphatic carbocycles. The highest BCUT2D eigenvalue weighted by Crippen LogP contribution is 2.09. The zero-order valence-electron chi connectivity index (χ0n) is 9.25. The number of amides is 1. The molecule has 1 atom stereocenters. The van der Waals surface area contributed by atoms with Gasteiger partial charge in [-0.05, 0) is 6.92 Å². The van der Waals surface area contributed by atoms with Crippen LogP contribution in [0.4, 0.5) is 0 Å². The predicted molar refractivity (Wildman–Crippen MR) is 50.6 cm³/mol. The molecule has 6 heteroatoms. The van der Waals surface area contributed by atoms with Crippen molar-refractivity contribution in [1.29, 1.82) is 0 Å². The van der Waals surface area contributed by atoms with E-state index in [-0.39, 0.29) is 6.61 Å². The van der Waals surface area contributed by atoms with Crippen molar-refractivity contribution in [2.24, 2.45) is 0 Å². The molecule has 15 heavy (non-hydrogen) atoms. The molecule has 6 nitrogen and oxygen atoms in total. The Hall–Kier alpha value is -1.59. The van der Waals surface area contributed by atoms with Crippen molar-refractivity contribution in [2.45, 2.75) is 33.4 Å². The van der Waals surface area contributed by atoms with Gasteiger partial charge in [-0.2, -0.15) is 0 Å². The Kier molecular flexibility index (Phi) is 4.77. The number of esters is 2. The van der Waals surface area contributed by atoms with Gasteiger partial charge < -0.3 is 14.8 Å². The van der Waals surface area contributed by atoms with Gasteiger partial charge in [0.2, 0.25) is 5.91 Å². The van der Waals surface area contributed by atoms with Gasteiger partial charge in [-0.25, -0.2) is 4.79 Å². The molecule has 0 rings (SSSR count). The fraction of sp³-hybridized carbons (Fsp3) is 0.667. The molecule has 0 aromatic rings. The minimum atomic E-state index is -1.76. The van der Waals surface area contributed by atoms with Crippen LogP contribution in [0, 0.1) is 0 Å². The van der Waals surface area contributed by atoms with E-state index in [2.05, 4.69) is 10.1 Å². The van der Waals surface area contributed by atoms with Crippen molar-refractivity contribution in [1.82, 2.24) is 5.32 Å². The SMILES string of the molecule is CCOC(=O)C(C)(NC(C)=O)OC(C)=O. The molecule has 1 amide bonds. The molecule has 0 fully saturated rings. The lowest BCUT2D eigenvalue weighted by atomic mass is 10.2. The summed E-state index contributed by atoms with van der Waals surface area (Å²) in [6, 6.07) is 0. The molecular weight excluding hydrogens is 202 g/mol. The molecule has 0 aliphatic rings. The first kappa shape index (κ1) is 13.4. The molecule has 0 heterocycles. The van der Waals surface area contributed by atoms with Crippen LogP contribution in [-0.2, 0) is 23.9 Å². The quantitative estimate of drug-likeness (QED) is 0.528. The normalized spacial score (nSPS) is 13.6. The molecular formula is C9H15NO5. The Morgan fingerprint density at radius 2 is 1.80 bits per heavy atom. The molecule has 0 radical (unpaired) electrons. The fourth-order valence-electron chi connectivity index (χ4n) is 1.01. The lowest BCUT2D eigenvalue weighted by Gasteiger charge is -2.26. The first-order valence-corrected chi connectivity index (χ1v) is 4.47. The Bertz CT molecular complexity index is 258. The van der Waals surface area contributed by atoms with Crippen LogP contribution in [0.25, 0.3) is 0 Å². The summed E-state index contributed by atoms with van der Waals surface area (Å²) in [4.78, 5) is 33.0. The van der Waals surface area contributed by atoms with Crippen LogP contribution in [0.1, 0.15) is 27.7 Å². The summed E-state index contributed by atoms with van der Waals surface area (Å²) < 4.78 is 9.40. The zero-order chi connectivity index (χ0) is 12.1. The third-order valence-corrected chi connectivity index (χ3v) is 1.43. The number of nitrogens with one attached hydrogen (secondary N) is 1. The molecule has 0 bridgehead atoms. The summed E-state index contributed by atoms with van der Waals surface area (Å²) in [5, 5.41) is 2.22. The summed E-state index contributed by atoms with van der Waals surface area (Å²) >= 11 is 0. The van der Waals surface area contributed by atoms with Crippen molar-refractivity contribution >= 4 is 17.8 Å². The van der Waals surface area contributed by atoms with Crippen LogP contribution < -0.4 is 5.32 Å². The minimum absolute atomic E-state index is 0.134. The van der Waals surface area contributed by atoms with Gasteiger partial charge >= 0.3 is 11.9 Å². The smallest absolute Gasteiger partial charge is 0.372 e. The number of rotatable bonds is 4. The first-order chi connectivity index (χ1) is 6.81. The molecule has 0 aliphatic heterocycles. The summed E-state index contributed by atoms with van der Waals surface area (Å²) in [6.45, 7) is 5.35. The van der Waals surface area contributed by atoms with Crippen molar-refractivity contribution in [3.05, 3.63) is 0 Å². The van der Waals surface area contributed by atoms with Crippen LogP contribution in [0.5, 0.6) is 0 Å². The van der Waals surface area contributed by atoms with Gasteiger partial charge in [0.05, 0.1) is 6.61 Å². The van der Waals surface area contributed by atoms with Gasteiger partial charge in [-0.15, -0.1) is 0 Å². The van der Waals surface area contributed by atoms with E-state index >= 15 is 0 Å². The average Bonchev–Trinajstić information content (AvgIpc) is 2.01. The van der Waals surface area contributed by atoms with E-state index in [1.165, 1.54) is 13.8 Å². The topological polar surface area (TPSA) is 81.7 Å². The van der Waals surface area contributed by atoms with Crippen LogP contribution in [-0.4, -0.2) is 30.2 Å². The Morgan fingerprint density at radius 3 is 2.13 bits per heavy atom. The molecule has 86 valence electrons. The van der Waals surface area contributed by atoms with Crippen molar-refractivity contribution < 1.29 is 23.9 Å². The monoisotopic (exact) mass is 217 g/mol. The highest BCUT2D eigenvalue weighted by Gasteiger charge is 2.39.